The number of hydrogen-bond donors (Lipinski definition) is 5. The van der Waals surface area contributed by atoms with Gasteiger partial charge in [0, 0.05) is 35.3 Å². The third-order valence-electron chi connectivity index (χ3n) is 7.54. The van der Waals surface area contributed by atoms with Crippen LogP contribution >= 0.6 is 0 Å². The molecule has 45 heavy (non-hydrogen) atoms. The quantitative estimate of drug-likeness (QED) is 0.196. The van der Waals surface area contributed by atoms with E-state index in [1.807, 2.05) is 0 Å². The molecule has 0 radical (unpaired) electrons. The van der Waals surface area contributed by atoms with Crippen molar-refractivity contribution in [2.75, 3.05) is 25.5 Å². The van der Waals surface area contributed by atoms with Crippen molar-refractivity contribution in [3.63, 3.8) is 0 Å². The van der Waals surface area contributed by atoms with E-state index in [9.17, 15) is 37.1 Å². The Balaban J connectivity index is 1.59. The fraction of sp³-hybridized carbons (Fsp3) is 0.233. The van der Waals surface area contributed by atoms with Crippen molar-refractivity contribution in [3.05, 3.63) is 83.4 Å². The van der Waals surface area contributed by atoms with Gasteiger partial charge in [0.25, 0.3) is 5.91 Å². The number of primary amides is 1. The number of halogens is 4. The van der Waals surface area contributed by atoms with Crippen LogP contribution in [0.25, 0.3) is 22.2 Å². The van der Waals surface area contributed by atoms with Crippen LogP contribution in [0.4, 0.5) is 28.0 Å². The van der Waals surface area contributed by atoms with E-state index in [0.717, 1.165) is 18.2 Å². The zero-order valence-corrected chi connectivity index (χ0v) is 23.8. The lowest BCUT2D eigenvalue weighted by molar-refractivity contribution is -0.265. The number of amides is 4. The largest absolute Gasteiger partial charge is 0.489 e. The predicted molar refractivity (Wildman–Crippen MR) is 154 cm³/mol. The van der Waals surface area contributed by atoms with Crippen molar-refractivity contribution in [1.82, 2.24) is 20.6 Å². The molecule has 5 rings (SSSR count). The second-order valence-electron chi connectivity index (χ2n) is 10.6. The van der Waals surface area contributed by atoms with Crippen molar-refractivity contribution in [3.8, 4) is 17.0 Å². The Morgan fingerprint density at radius 1 is 1.11 bits per heavy atom. The first-order valence-corrected chi connectivity index (χ1v) is 13.4. The lowest BCUT2D eigenvalue weighted by Gasteiger charge is -2.31. The molecule has 4 amide bonds. The van der Waals surface area contributed by atoms with Gasteiger partial charge in [-0.3, -0.25) is 14.6 Å². The molecule has 2 aromatic heterocycles. The summed E-state index contributed by atoms with van der Waals surface area (Å²) in [5.41, 5.74) is -0.836. The van der Waals surface area contributed by atoms with Crippen molar-refractivity contribution in [2.45, 2.75) is 24.1 Å². The van der Waals surface area contributed by atoms with E-state index >= 15 is 0 Å². The molecule has 6 N–H and O–H groups in total. The number of carbonyl (C=O) groups excluding carboxylic acids is 3. The van der Waals surface area contributed by atoms with Gasteiger partial charge in [-0.05, 0) is 55.5 Å². The molecule has 11 nitrogen and oxygen atoms in total. The third kappa shape index (κ3) is 5.57. The molecule has 0 aliphatic carbocycles. The van der Waals surface area contributed by atoms with Crippen molar-refractivity contribution in [2.24, 2.45) is 5.73 Å². The number of urea groups is 1. The third-order valence-corrected chi connectivity index (χ3v) is 7.54. The summed E-state index contributed by atoms with van der Waals surface area (Å²) in [7, 11) is 1.35. The number of benzene rings is 2. The van der Waals surface area contributed by atoms with E-state index in [-0.39, 0.29) is 45.9 Å². The number of pyridine rings is 2. The molecule has 3 heterocycles. The van der Waals surface area contributed by atoms with Gasteiger partial charge in [-0.15, -0.1) is 0 Å². The van der Waals surface area contributed by atoms with E-state index < -0.39 is 53.1 Å². The Labute approximate surface area is 252 Å². The lowest BCUT2D eigenvalue weighted by atomic mass is 9.81. The first-order chi connectivity index (χ1) is 21.2. The van der Waals surface area contributed by atoms with Crippen LogP contribution < -0.4 is 26.4 Å². The van der Waals surface area contributed by atoms with Gasteiger partial charge in [0.1, 0.15) is 29.3 Å². The van der Waals surface area contributed by atoms with Crippen LogP contribution in [0.5, 0.6) is 5.75 Å². The maximum Gasteiger partial charge on any atom is 0.424 e. The van der Waals surface area contributed by atoms with Crippen LogP contribution in [0.3, 0.4) is 0 Å². The minimum absolute atomic E-state index is 0.00405. The highest BCUT2D eigenvalue weighted by Crippen LogP contribution is 2.48. The molecule has 4 aromatic rings. The highest BCUT2D eigenvalue weighted by Gasteiger charge is 2.57. The Hall–Kier alpha value is -5.31. The number of nitrogens with one attached hydrogen (secondary N) is 3. The fourth-order valence-electron chi connectivity index (χ4n) is 5.06. The summed E-state index contributed by atoms with van der Waals surface area (Å²) >= 11 is 0. The topological polar surface area (TPSA) is 169 Å². The molecule has 0 bridgehead atoms. The molecular weight excluding hydrogens is 600 g/mol. The lowest BCUT2D eigenvalue weighted by Crippen LogP contribution is -2.52. The monoisotopic (exact) mass is 626 g/mol. The molecule has 2 atom stereocenters. The van der Waals surface area contributed by atoms with Crippen LogP contribution in [0.15, 0.2) is 60.8 Å². The molecule has 0 spiro atoms. The maximum atomic E-state index is 14.7. The normalized spacial score (nSPS) is 17.1. The second-order valence-corrected chi connectivity index (χ2v) is 10.6. The number of rotatable bonds is 7. The number of nitrogens with two attached hydrogens (primary N) is 1. The number of hydrogen-bond acceptors (Lipinski definition) is 7. The molecule has 0 saturated carbocycles. The molecule has 0 saturated heterocycles. The van der Waals surface area contributed by atoms with E-state index in [1.165, 1.54) is 44.4 Å². The van der Waals surface area contributed by atoms with Crippen LogP contribution in [0.1, 0.15) is 28.5 Å². The summed E-state index contributed by atoms with van der Waals surface area (Å²) in [6.45, 7) is -0.192. The summed E-state index contributed by atoms with van der Waals surface area (Å²) in [4.78, 5) is 45.8. The zero-order chi connectivity index (χ0) is 32.7. The number of aromatic nitrogens is 2. The van der Waals surface area contributed by atoms with Crippen LogP contribution in [0.2, 0.25) is 0 Å². The van der Waals surface area contributed by atoms with Gasteiger partial charge in [0.05, 0.1) is 23.4 Å². The van der Waals surface area contributed by atoms with Gasteiger partial charge >= 0.3 is 12.2 Å². The molecule has 1 aliphatic heterocycles. The number of carbonyl (C=O) groups is 3. The molecule has 1 aliphatic rings. The van der Waals surface area contributed by atoms with Gasteiger partial charge < -0.3 is 31.5 Å². The summed E-state index contributed by atoms with van der Waals surface area (Å²) < 4.78 is 63.7. The number of fused-ring (bicyclic) bond motifs is 2. The van der Waals surface area contributed by atoms with Gasteiger partial charge in [0.2, 0.25) is 11.5 Å². The number of nitrogens with zero attached hydrogens (tertiary/aromatic N) is 2. The summed E-state index contributed by atoms with van der Waals surface area (Å²) in [5.74, 6) is -2.23. The molecule has 1 unspecified atom stereocenters. The Kier molecular flexibility index (Phi) is 7.83. The van der Waals surface area contributed by atoms with Crippen molar-refractivity contribution >= 4 is 34.4 Å². The van der Waals surface area contributed by atoms with Gasteiger partial charge in [-0.2, -0.15) is 13.2 Å². The summed E-state index contributed by atoms with van der Waals surface area (Å²) in [6, 6.07) is 10.3. The first kappa shape index (κ1) is 31.1. The smallest absolute Gasteiger partial charge is 0.424 e. The summed E-state index contributed by atoms with van der Waals surface area (Å²) in [5, 5.41) is 18.6. The highest BCUT2D eigenvalue weighted by atomic mass is 19.4. The average molecular weight is 627 g/mol. The number of alkyl halides is 3. The maximum absolute atomic E-state index is 14.7. The molecule has 0 fully saturated rings. The molecular formula is C30H26F4N6O5. The molecule has 234 valence electrons. The first-order valence-electron chi connectivity index (χ1n) is 13.4. The van der Waals surface area contributed by atoms with Crippen LogP contribution in [-0.4, -0.2) is 59.3 Å². The number of ether oxygens (including phenoxy) is 1. The van der Waals surface area contributed by atoms with Crippen molar-refractivity contribution in [1.29, 1.82) is 0 Å². The highest BCUT2D eigenvalue weighted by molar-refractivity contribution is 6.05. The zero-order valence-electron chi connectivity index (χ0n) is 23.8. The average Bonchev–Trinajstić information content (AvgIpc) is 3.35. The minimum Gasteiger partial charge on any atom is -0.489 e. The Morgan fingerprint density at radius 3 is 2.47 bits per heavy atom. The Bertz CT molecular complexity index is 1830. The van der Waals surface area contributed by atoms with E-state index in [4.69, 9.17) is 10.5 Å². The Morgan fingerprint density at radius 2 is 1.82 bits per heavy atom. The van der Waals surface area contributed by atoms with Crippen LogP contribution in [0, 0.1) is 5.82 Å². The fourth-order valence-corrected chi connectivity index (χ4v) is 5.06. The SMILES string of the molecule is CNC(=O)[C@@]1(C)COc2c1cc(C(O)(CNC(=O)c1cc(NC(N)=O)c3ncccc3c1)C(F)(F)F)nc2-c1ccc(F)cc1. The molecule has 15 heteroatoms. The number of anilines is 1. The van der Waals surface area contributed by atoms with E-state index in [2.05, 4.69) is 25.9 Å². The second kappa shape index (κ2) is 11.3. The van der Waals surface area contributed by atoms with Gasteiger partial charge in [0.15, 0.2) is 0 Å². The standard InChI is InChI=1S/C30H26F4N6O5/c1-28(26(42)36-2)14-45-24-19(28)12-21(40-23(24)15-5-7-18(31)8-6-15)29(44,30(32,33)34)13-38-25(41)17-10-16-4-3-9-37-22(16)20(11-17)39-27(35)43/h3-12,44H,13-14H2,1-2H3,(H,36,42)(H,38,41)(H3,35,39,43)/t28-,29?/m0/s1. The predicted octanol–water partition coefficient (Wildman–Crippen LogP) is 3.50. The number of likely N-dealkylation sites (N-methyl/N-ethyl adjacent to an activating group) is 1. The van der Waals surface area contributed by atoms with Gasteiger partial charge in [-0.25, -0.2) is 14.2 Å². The minimum atomic E-state index is -5.39. The summed E-state index contributed by atoms with van der Waals surface area (Å²) in [6.07, 6.45) is -3.96. The van der Waals surface area contributed by atoms with Crippen LogP contribution in [-0.2, 0) is 15.8 Å². The van der Waals surface area contributed by atoms with E-state index in [0.29, 0.717) is 5.39 Å². The van der Waals surface area contributed by atoms with Gasteiger partial charge in [-0.1, -0.05) is 6.07 Å². The number of aliphatic hydroxyl groups is 1. The molecule has 2 aromatic carbocycles. The van der Waals surface area contributed by atoms with E-state index in [1.54, 1.807) is 12.1 Å². The van der Waals surface area contributed by atoms with Crippen molar-refractivity contribution < 1.29 is 41.8 Å².